The van der Waals surface area contributed by atoms with Crippen molar-refractivity contribution in [3.05, 3.63) is 83.2 Å². The number of hydrogen-bond acceptors (Lipinski definition) is 5. The maximum absolute atomic E-state index is 12.1. The lowest BCUT2D eigenvalue weighted by Crippen LogP contribution is -2.01. The van der Waals surface area contributed by atoms with Crippen molar-refractivity contribution >= 4 is 17.2 Å². The SMILES string of the molecule is CCC.CCC(=O)CC.CCCC(=O)c1cc2nccc(-c3ccc(C)c(OC)c3)n2n1.Cc1ccc(C)cc1. The Morgan fingerprint density at radius 2 is 1.40 bits per heavy atom. The van der Waals surface area contributed by atoms with Crippen molar-refractivity contribution < 1.29 is 14.3 Å². The number of aryl methyl sites for hydroxylation is 3. The first-order valence-corrected chi connectivity index (χ1v) is 14.2. The molecule has 0 amide bonds. The van der Waals surface area contributed by atoms with Crippen LogP contribution >= 0.6 is 0 Å². The number of carbonyl (C=O) groups excluding carboxylic acids is 2. The zero-order valence-electron chi connectivity index (χ0n) is 25.9. The van der Waals surface area contributed by atoms with E-state index in [9.17, 15) is 9.59 Å². The van der Waals surface area contributed by atoms with Crippen LogP contribution < -0.4 is 4.74 Å². The van der Waals surface area contributed by atoms with Crippen LogP contribution in [-0.4, -0.2) is 33.3 Å². The molecule has 4 rings (SSSR count). The Balaban J connectivity index is 0.000000384. The second-order valence-corrected chi connectivity index (χ2v) is 9.59. The van der Waals surface area contributed by atoms with Gasteiger partial charge in [0.2, 0.25) is 0 Å². The van der Waals surface area contributed by atoms with E-state index in [1.54, 1.807) is 23.9 Å². The quantitative estimate of drug-likeness (QED) is 0.217. The number of benzene rings is 2. The molecule has 2 aromatic carbocycles. The summed E-state index contributed by atoms with van der Waals surface area (Å²) in [5.41, 5.74) is 6.71. The molecule has 40 heavy (non-hydrogen) atoms. The average Bonchev–Trinajstić information content (AvgIpc) is 3.41. The van der Waals surface area contributed by atoms with E-state index in [4.69, 9.17) is 4.74 Å². The topological polar surface area (TPSA) is 73.6 Å². The van der Waals surface area contributed by atoms with E-state index in [1.165, 1.54) is 17.5 Å². The summed E-state index contributed by atoms with van der Waals surface area (Å²) in [4.78, 5) is 26.6. The van der Waals surface area contributed by atoms with Crippen molar-refractivity contribution in [1.82, 2.24) is 14.6 Å². The molecule has 0 aliphatic rings. The molecule has 0 aliphatic carbocycles. The van der Waals surface area contributed by atoms with Crippen molar-refractivity contribution in [3.8, 4) is 17.0 Å². The molecule has 0 N–H and O–H groups in total. The summed E-state index contributed by atoms with van der Waals surface area (Å²) in [5, 5.41) is 4.45. The number of carbonyl (C=O) groups is 2. The van der Waals surface area contributed by atoms with Gasteiger partial charge in [-0.1, -0.05) is 88.6 Å². The van der Waals surface area contributed by atoms with Gasteiger partial charge in [-0.2, -0.15) is 5.10 Å². The molecule has 0 unspecified atom stereocenters. The fourth-order valence-electron chi connectivity index (χ4n) is 3.47. The van der Waals surface area contributed by atoms with E-state index in [2.05, 4.69) is 62.0 Å². The second-order valence-electron chi connectivity index (χ2n) is 9.59. The van der Waals surface area contributed by atoms with Gasteiger partial charge in [-0.05, 0) is 44.9 Å². The number of hydrogen-bond donors (Lipinski definition) is 0. The molecule has 0 saturated heterocycles. The lowest BCUT2D eigenvalue weighted by atomic mass is 10.1. The second kappa shape index (κ2) is 18.5. The normalized spacial score (nSPS) is 9.82. The fraction of sp³-hybridized carbons (Fsp3) is 0.412. The summed E-state index contributed by atoms with van der Waals surface area (Å²) < 4.78 is 7.11. The number of methoxy groups -OCH3 is 1. The van der Waals surface area contributed by atoms with E-state index >= 15 is 0 Å². The number of fused-ring (bicyclic) bond motifs is 1. The molecule has 0 atom stereocenters. The van der Waals surface area contributed by atoms with Gasteiger partial charge in [-0.15, -0.1) is 0 Å². The molecule has 0 radical (unpaired) electrons. The summed E-state index contributed by atoms with van der Waals surface area (Å²) in [6.45, 7) is 16.2. The molecule has 6 heteroatoms. The van der Waals surface area contributed by atoms with Gasteiger partial charge in [0.1, 0.15) is 17.2 Å². The van der Waals surface area contributed by atoms with E-state index in [1.807, 2.05) is 52.0 Å². The summed E-state index contributed by atoms with van der Waals surface area (Å²) in [6, 6.07) is 18.1. The molecular formula is C34H47N3O3. The number of ketones is 2. The molecule has 0 bridgehead atoms. The Labute approximate surface area is 240 Å². The van der Waals surface area contributed by atoms with Crippen LogP contribution in [0.4, 0.5) is 0 Å². The van der Waals surface area contributed by atoms with E-state index < -0.39 is 0 Å². The number of rotatable bonds is 7. The summed E-state index contributed by atoms with van der Waals surface area (Å²) in [5.74, 6) is 1.21. The van der Waals surface area contributed by atoms with E-state index in [0.29, 0.717) is 36.4 Å². The van der Waals surface area contributed by atoms with Crippen LogP contribution in [0.1, 0.15) is 93.9 Å². The first-order chi connectivity index (χ1) is 19.1. The molecule has 2 aromatic heterocycles. The van der Waals surface area contributed by atoms with Gasteiger partial charge in [-0.3, -0.25) is 9.59 Å². The molecule has 2 heterocycles. The van der Waals surface area contributed by atoms with Gasteiger partial charge in [0.15, 0.2) is 11.4 Å². The van der Waals surface area contributed by atoms with Gasteiger partial charge in [-0.25, -0.2) is 9.50 Å². The highest BCUT2D eigenvalue weighted by atomic mass is 16.5. The van der Waals surface area contributed by atoms with Crippen molar-refractivity contribution in [3.63, 3.8) is 0 Å². The monoisotopic (exact) mass is 545 g/mol. The fourth-order valence-corrected chi connectivity index (χ4v) is 3.47. The Morgan fingerprint density at radius 3 is 1.88 bits per heavy atom. The minimum Gasteiger partial charge on any atom is -0.496 e. The van der Waals surface area contributed by atoms with Crippen LogP contribution in [0.2, 0.25) is 0 Å². The largest absolute Gasteiger partial charge is 0.496 e. The third-order valence-electron chi connectivity index (χ3n) is 5.83. The zero-order valence-corrected chi connectivity index (χ0v) is 25.9. The Kier molecular flexibility index (Phi) is 15.8. The minimum absolute atomic E-state index is 0.0467. The molecule has 0 saturated carbocycles. The van der Waals surface area contributed by atoms with Gasteiger partial charge >= 0.3 is 0 Å². The highest BCUT2D eigenvalue weighted by Gasteiger charge is 2.14. The molecular weight excluding hydrogens is 498 g/mol. The van der Waals surface area contributed by atoms with Crippen molar-refractivity contribution in [2.75, 3.05) is 7.11 Å². The molecule has 216 valence electrons. The summed E-state index contributed by atoms with van der Waals surface area (Å²) in [6.07, 6.45) is 5.67. The van der Waals surface area contributed by atoms with Crippen LogP contribution in [0, 0.1) is 20.8 Å². The number of Topliss-reactive ketones (excluding diaryl/α,β-unsaturated/α-hetero) is 2. The Bertz CT molecular complexity index is 1300. The summed E-state index contributed by atoms with van der Waals surface area (Å²) >= 11 is 0. The third kappa shape index (κ3) is 11.1. The maximum Gasteiger partial charge on any atom is 0.183 e. The van der Waals surface area contributed by atoms with Gasteiger partial charge in [0, 0.05) is 37.1 Å². The van der Waals surface area contributed by atoms with Crippen molar-refractivity contribution in [2.45, 2.75) is 87.5 Å². The van der Waals surface area contributed by atoms with Crippen LogP contribution in [0.25, 0.3) is 16.9 Å². The van der Waals surface area contributed by atoms with Crippen LogP contribution in [0.15, 0.2) is 60.8 Å². The van der Waals surface area contributed by atoms with Crippen LogP contribution in [-0.2, 0) is 4.79 Å². The molecule has 4 aromatic rings. The lowest BCUT2D eigenvalue weighted by Gasteiger charge is -2.09. The molecule has 0 spiro atoms. The van der Waals surface area contributed by atoms with Crippen LogP contribution in [0.3, 0.4) is 0 Å². The lowest BCUT2D eigenvalue weighted by molar-refractivity contribution is -0.118. The first kappa shape index (κ1) is 34.2. The Hall–Kier alpha value is -3.80. The number of aromatic nitrogens is 3. The Morgan fingerprint density at radius 1 is 0.825 bits per heavy atom. The molecule has 0 fully saturated rings. The molecule has 0 aliphatic heterocycles. The van der Waals surface area contributed by atoms with Crippen molar-refractivity contribution in [1.29, 1.82) is 0 Å². The van der Waals surface area contributed by atoms with E-state index in [0.717, 1.165) is 29.0 Å². The number of nitrogens with zero attached hydrogens (tertiary/aromatic N) is 3. The van der Waals surface area contributed by atoms with E-state index in [-0.39, 0.29) is 5.78 Å². The standard InChI is InChI=1S/C18H19N3O2.C8H10.C5H10O.C3H8/c1-4-5-16(22)14-11-18-19-9-8-15(21(18)20-14)13-7-6-12(2)17(10-13)23-3;1-7-3-5-8(2)6-4-7;1-3-5(6)4-2;1-3-2/h6-11H,4-5H2,1-3H3;3-6H,1-2H3;3-4H2,1-2H3;3H2,1-2H3. The van der Waals surface area contributed by atoms with Gasteiger partial charge in [0.05, 0.1) is 12.8 Å². The maximum atomic E-state index is 12.1. The zero-order chi connectivity index (χ0) is 30.1. The predicted molar refractivity (Wildman–Crippen MR) is 166 cm³/mol. The predicted octanol–water partition coefficient (Wildman–Crippen LogP) is 8.79. The van der Waals surface area contributed by atoms with Crippen molar-refractivity contribution in [2.24, 2.45) is 0 Å². The third-order valence-corrected chi connectivity index (χ3v) is 5.83. The van der Waals surface area contributed by atoms with Gasteiger partial charge < -0.3 is 4.74 Å². The van der Waals surface area contributed by atoms with Gasteiger partial charge in [0.25, 0.3) is 0 Å². The highest BCUT2D eigenvalue weighted by Crippen LogP contribution is 2.27. The van der Waals surface area contributed by atoms with Crippen LogP contribution in [0.5, 0.6) is 5.75 Å². The minimum atomic E-state index is 0.0467. The number of ether oxygens (including phenoxy) is 1. The first-order valence-electron chi connectivity index (χ1n) is 14.2. The average molecular weight is 546 g/mol. The smallest absolute Gasteiger partial charge is 0.183 e. The highest BCUT2D eigenvalue weighted by molar-refractivity contribution is 5.95. The molecule has 6 nitrogen and oxygen atoms in total. The summed E-state index contributed by atoms with van der Waals surface area (Å²) in [7, 11) is 1.66.